The molecule has 5 nitrogen and oxygen atoms in total. The number of rotatable bonds is 6. The molecule has 0 unspecified atom stereocenters. The van der Waals surface area contributed by atoms with Crippen molar-refractivity contribution in [3.8, 4) is 28.4 Å². The van der Waals surface area contributed by atoms with Crippen molar-refractivity contribution in [2.75, 3.05) is 12.9 Å². The summed E-state index contributed by atoms with van der Waals surface area (Å²) in [6, 6.07) is 17.9. The van der Waals surface area contributed by atoms with Crippen molar-refractivity contribution < 1.29 is 22.3 Å². The number of pyridine rings is 1. The minimum absolute atomic E-state index is 0.00424. The summed E-state index contributed by atoms with van der Waals surface area (Å²) in [5.41, 5.74) is 1.62. The first-order chi connectivity index (χ1) is 14.9. The second-order valence-electron chi connectivity index (χ2n) is 6.84. The maximum Gasteiger partial charge on any atom is 0.178 e. The van der Waals surface area contributed by atoms with E-state index < -0.39 is 15.7 Å². The molecule has 3 aromatic carbocycles. The van der Waals surface area contributed by atoms with E-state index in [-0.39, 0.29) is 10.6 Å². The van der Waals surface area contributed by atoms with Crippen LogP contribution in [0.4, 0.5) is 4.39 Å². The molecule has 0 fully saturated rings. The van der Waals surface area contributed by atoms with Crippen LogP contribution in [0.25, 0.3) is 22.0 Å². The molecule has 0 aliphatic carbocycles. The highest BCUT2D eigenvalue weighted by atomic mass is 32.2. The van der Waals surface area contributed by atoms with Crippen molar-refractivity contribution in [2.24, 2.45) is 0 Å². The molecule has 0 amide bonds. The van der Waals surface area contributed by atoms with E-state index in [9.17, 15) is 12.8 Å². The Kier molecular flexibility index (Phi) is 5.61. The number of nitrogens with zero attached hydrogens (tertiary/aromatic N) is 1. The molecule has 0 N–H and O–H groups in total. The lowest BCUT2D eigenvalue weighted by molar-refractivity contribution is 0.419. The van der Waals surface area contributed by atoms with E-state index in [0.717, 1.165) is 5.39 Å². The molecule has 4 aromatic rings. The predicted octanol–water partition coefficient (Wildman–Crippen LogP) is 5.64. The summed E-state index contributed by atoms with van der Waals surface area (Å²) in [4.78, 5) is 4.55. The Labute approximate surface area is 180 Å². The molecular formula is C24H20FNO4S. The van der Waals surface area contributed by atoms with Gasteiger partial charge in [0, 0.05) is 17.1 Å². The molecule has 158 valence electrons. The van der Waals surface area contributed by atoms with Gasteiger partial charge < -0.3 is 9.47 Å². The zero-order valence-electron chi connectivity index (χ0n) is 17.0. The van der Waals surface area contributed by atoms with Crippen molar-refractivity contribution in [1.29, 1.82) is 0 Å². The molecule has 0 atom stereocenters. The zero-order chi connectivity index (χ0) is 22.0. The maximum absolute atomic E-state index is 14.8. The number of hydrogen-bond acceptors (Lipinski definition) is 5. The van der Waals surface area contributed by atoms with Crippen molar-refractivity contribution in [3.63, 3.8) is 0 Å². The highest BCUT2D eigenvalue weighted by Gasteiger charge is 2.15. The molecular weight excluding hydrogens is 417 g/mol. The van der Waals surface area contributed by atoms with Gasteiger partial charge in [-0.05, 0) is 54.1 Å². The van der Waals surface area contributed by atoms with Crippen LogP contribution in [0.15, 0.2) is 77.8 Å². The van der Waals surface area contributed by atoms with Gasteiger partial charge >= 0.3 is 0 Å². The van der Waals surface area contributed by atoms with E-state index in [1.54, 1.807) is 50.6 Å². The van der Waals surface area contributed by atoms with Gasteiger partial charge in [0.15, 0.2) is 9.84 Å². The summed E-state index contributed by atoms with van der Waals surface area (Å²) in [6.45, 7) is 1.59. The summed E-state index contributed by atoms with van der Waals surface area (Å²) in [5.74, 6) is 0.921. The predicted molar refractivity (Wildman–Crippen MR) is 118 cm³/mol. The summed E-state index contributed by atoms with van der Waals surface area (Å²) in [7, 11) is -1.80. The first-order valence-corrected chi connectivity index (χ1v) is 11.3. The minimum atomic E-state index is -3.36. The van der Waals surface area contributed by atoms with Gasteiger partial charge in [0.25, 0.3) is 0 Å². The molecule has 0 radical (unpaired) electrons. The fraction of sp³-hybridized carbons (Fsp3) is 0.125. The molecule has 0 saturated carbocycles. The Morgan fingerprint density at radius 1 is 0.935 bits per heavy atom. The van der Waals surface area contributed by atoms with E-state index in [2.05, 4.69) is 4.98 Å². The van der Waals surface area contributed by atoms with Crippen LogP contribution < -0.4 is 9.47 Å². The average Bonchev–Trinajstić information content (AvgIpc) is 2.79. The monoisotopic (exact) mass is 437 g/mol. The standard InChI is InChI=1S/C24H20FNO4S/c1-3-31(27,28)18-7-4-6-16(14-18)30-17-10-11-22(25)21(15-17)19-12-13-26-24-20(19)8-5-9-23(24)29-2/h4-15H,3H2,1-2H3. The van der Waals surface area contributed by atoms with Gasteiger partial charge in [-0.3, -0.25) is 4.98 Å². The molecule has 7 heteroatoms. The first kappa shape index (κ1) is 20.8. The van der Waals surface area contributed by atoms with Crippen molar-refractivity contribution in [3.05, 3.63) is 78.7 Å². The fourth-order valence-electron chi connectivity index (χ4n) is 3.36. The summed E-state index contributed by atoms with van der Waals surface area (Å²) in [6.07, 6.45) is 1.60. The number of fused-ring (bicyclic) bond motifs is 1. The van der Waals surface area contributed by atoms with Gasteiger partial charge in [-0.15, -0.1) is 0 Å². The smallest absolute Gasteiger partial charge is 0.178 e. The number of benzene rings is 3. The van der Waals surface area contributed by atoms with E-state index in [1.807, 2.05) is 12.1 Å². The number of halogens is 1. The topological polar surface area (TPSA) is 65.5 Å². The highest BCUT2D eigenvalue weighted by molar-refractivity contribution is 7.91. The van der Waals surface area contributed by atoms with Crippen LogP contribution in [0.5, 0.6) is 17.2 Å². The van der Waals surface area contributed by atoms with Crippen molar-refractivity contribution in [1.82, 2.24) is 4.98 Å². The molecule has 31 heavy (non-hydrogen) atoms. The fourth-order valence-corrected chi connectivity index (χ4v) is 4.27. The Morgan fingerprint density at radius 2 is 1.71 bits per heavy atom. The Balaban J connectivity index is 1.76. The summed E-state index contributed by atoms with van der Waals surface area (Å²) >= 11 is 0. The Hall–Kier alpha value is -3.45. The van der Waals surface area contributed by atoms with Gasteiger partial charge in [-0.25, -0.2) is 12.8 Å². The van der Waals surface area contributed by atoms with Crippen LogP contribution in [-0.2, 0) is 9.84 Å². The van der Waals surface area contributed by atoms with Gasteiger partial charge in [0.1, 0.15) is 28.6 Å². The molecule has 4 rings (SSSR count). The molecule has 0 aliphatic heterocycles. The van der Waals surface area contributed by atoms with E-state index in [4.69, 9.17) is 9.47 Å². The third kappa shape index (κ3) is 4.09. The third-order valence-corrected chi connectivity index (χ3v) is 6.69. The molecule has 0 spiro atoms. The van der Waals surface area contributed by atoms with E-state index in [0.29, 0.717) is 33.9 Å². The number of hydrogen-bond donors (Lipinski definition) is 0. The van der Waals surface area contributed by atoms with Gasteiger partial charge in [-0.1, -0.05) is 25.1 Å². The first-order valence-electron chi connectivity index (χ1n) is 9.65. The molecule has 1 heterocycles. The number of methoxy groups -OCH3 is 1. The average molecular weight is 437 g/mol. The lowest BCUT2D eigenvalue weighted by atomic mass is 10.0. The quantitative estimate of drug-likeness (QED) is 0.391. The zero-order valence-corrected chi connectivity index (χ0v) is 17.8. The maximum atomic E-state index is 14.8. The van der Waals surface area contributed by atoms with Crippen LogP contribution in [0, 0.1) is 5.82 Å². The Bertz CT molecular complexity index is 1370. The summed E-state index contributed by atoms with van der Waals surface area (Å²) in [5, 5.41) is 0.744. The van der Waals surface area contributed by atoms with Crippen molar-refractivity contribution >= 4 is 20.7 Å². The van der Waals surface area contributed by atoms with E-state index >= 15 is 0 Å². The minimum Gasteiger partial charge on any atom is -0.494 e. The van der Waals surface area contributed by atoms with Gasteiger partial charge in [-0.2, -0.15) is 0 Å². The normalized spacial score (nSPS) is 11.5. The molecule has 0 aliphatic rings. The Morgan fingerprint density at radius 3 is 2.48 bits per heavy atom. The second-order valence-corrected chi connectivity index (χ2v) is 9.12. The number of para-hydroxylation sites is 1. The molecule has 0 bridgehead atoms. The van der Waals surface area contributed by atoms with Crippen LogP contribution in [0.2, 0.25) is 0 Å². The second kappa shape index (κ2) is 8.35. The van der Waals surface area contributed by atoms with Crippen LogP contribution in [0.3, 0.4) is 0 Å². The largest absolute Gasteiger partial charge is 0.494 e. The SMILES string of the molecule is CCS(=O)(=O)c1cccc(Oc2ccc(F)c(-c3ccnc4c(OC)cccc34)c2)c1. The lowest BCUT2D eigenvalue weighted by Gasteiger charge is -2.12. The number of ether oxygens (including phenoxy) is 2. The molecule has 0 saturated heterocycles. The number of sulfone groups is 1. The van der Waals surface area contributed by atoms with Crippen LogP contribution >= 0.6 is 0 Å². The highest BCUT2D eigenvalue weighted by Crippen LogP contribution is 2.36. The summed E-state index contributed by atoms with van der Waals surface area (Å²) < 4.78 is 50.3. The molecule has 1 aromatic heterocycles. The van der Waals surface area contributed by atoms with E-state index in [1.165, 1.54) is 24.3 Å². The lowest BCUT2D eigenvalue weighted by Crippen LogP contribution is -2.03. The van der Waals surface area contributed by atoms with Crippen LogP contribution in [-0.4, -0.2) is 26.3 Å². The van der Waals surface area contributed by atoms with Crippen molar-refractivity contribution in [2.45, 2.75) is 11.8 Å². The van der Waals surface area contributed by atoms with Gasteiger partial charge in [0.05, 0.1) is 17.8 Å². The van der Waals surface area contributed by atoms with Crippen LogP contribution in [0.1, 0.15) is 6.92 Å². The third-order valence-electron chi connectivity index (χ3n) is 4.96. The number of aromatic nitrogens is 1. The van der Waals surface area contributed by atoms with Gasteiger partial charge in [0.2, 0.25) is 0 Å².